The van der Waals surface area contributed by atoms with E-state index in [9.17, 15) is 27.6 Å². The molecule has 1 aromatic carbocycles. The molecular weight excluding hydrogens is 546 g/mol. The average molecular weight is 572 g/mol. The Bertz CT molecular complexity index is 1600. The Labute approximate surface area is 231 Å². The third kappa shape index (κ3) is 4.97. The van der Waals surface area contributed by atoms with E-state index in [-0.39, 0.29) is 47.1 Å². The molecule has 4 heterocycles. The van der Waals surface area contributed by atoms with Crippen molar-refractivity contribution in [1.29, 1.82) is 5.26 Å². The van der Waals surface area contributed by atoms with Gasteiger partial charge in [-0.1, -0.05) is 6.07 Å². The first kappa shape index (κ1) is 27.0. The number of benzene rings is 1. The Morgan fingerprint density at radius 2 is 2.00 bits per heavy atom. The minimum absolute atomic E-state index is 0.0765. The predicted molar refractivity (Wildman–Crippen MR) is 136 cm³/mol. The van der Waals surface area contributed by atoms with Gasteiger partial charge in [0.2, 0.25) is 5.88 Å². The normalized spacial score (nSPS) is 23.0. The first-order valence-electron chi connectivity index (χ1n) is 13.1. The van der Waals surface area contributed by atoms with Gasteiger partial charge in [-0.15, -0.1) is 0 Å². The van der Waals surface area contributed by atoms with E-state index < -0.39 is 23.4 Å². The number of piperidine rings is 1. The molecule has 214 valence electrons. The summed E-state index contributed by atoms with van der Waals surface area (Å²) in [7, 11) is 1.72. The fourth-order valence-corrected chi connectivity index (χ4v) is 6.16. The van der Waals surface area contributed by atoms with Crippen LogP contribution in [0.25, 0.3) is 0 Å². The first-order valence-corrected chi connectivity index (χ1v) is 13.1. The molecule has 0 bridgehead atoms. The van der Waals surface area contributed by atoms with Crippen LogP contribution in [-0.4, -0.2) is 40.3 Å². The number of fused-ring (bicyclic) bond motifs is 3. The van der Waals surface area contributed by atoms with Crippen LogP contribution in [0.15, 0.2) is 41.3 Å². The maximum absolute atomic E-state index is 14.8. The standard InChI is InChI=1S/C28H25F4N5O4/c1-39-19-11-27(12-19)5-7-36-17(10-27)14-37-25(36)20(13-33)24(35-26(37)38)40-15-16-2-3-22(21(29)8-16)41-18-4-6-34-23(9-18)28(30,31)32/h2-4,6,8-9,17,19H,5,7,10-12,14-15H2,1H3. The van der Waals surface area contributed by atoms with Crippen LogP contribution >= 0.6 is 0 Å². The summed E-state index contributed by atoms with van der Waals surface area (Å²) >= 11 is 0. The summed E-state index contributed by atoms with van der Waals surface area (Å²) in [5.41, 5.74) is -1.01. The topological polar surface area (TPSA) is 102 Å². The van der Waals surface area contributed by atoms with Crippen LogP contribution in [0.2, 0.25) is 0 Å². The van der Waals surface area contributed by atoms with Crippen molar-refractivity contribution in [1.82, 2.24) is 14.5 Å². The number of methoxy groups -OCH3 is 1. The average Bonchev–Trinajstić information content (AvgIpc) is 3.30. The van der Waals surface area contributed by atoms with Crippen molar-refractivity contribution in [3.8, 4) is 23.4 Å². The lowest BCUT2D eigenvalue weighted by Gasteiger charge is -2.53. The third-order valence-electron chi connectivity index (χ3n) is 8.17. The summed E-state index contributed by atoms with van der Waals surface area (Å²) < 4.78 is 71.5. The SMILES string of the molecule is COC1CC2(CCN3c4c(C#N)c(OCc5ccc(Oc6ccnc(C(F)(F)F)c6)c(F)c5)nc(=O)n4CC3C2)C1. The van der Waals surface area contributed by atoms with Gasteiger partial charge in [-0.3, -0.25) is 9.55 Å². The number of aromatic nitrogens is 3. The molecule has 9 nitrogen and oxygen atoms in total. The highest BCUT2D eigenvalue weighted by Gasteiger charge is 2.51. The largest absolute Gasteiger partial charge is 0.472 e. The van der Waals surface area contributed by atoms with Crippen LogP contribution < -0.4 is 20.1 Å². The van der Waals surface area contributed by atoms with E-state index in [1.165, 1.54) is 22.8 Å². The molecule has 0 amide bonds. The zero-order valence-corrected chi connectivity index (χ0v) is 21.9. The summed E-state index contributed by atoms with van der Waals surface area (Å²) in [6.45, 7) is 0.942. The minimum Gasteiger partial charge on any atom is -0.472 e. The van der Waals surface area contributed by atoms with Gasteiger partial charge in [-0.2, -0.15) is 23.4 Å². The molecule has 1 unspecified atom stereocenters. The zero-order valence-electron chi connectivity index (χ0n) is 21.9. The predicted octanol–water partition coefficient (Wildman–Crippen LogP) is 4.82. The van der Waals surface area contributed by atoms with Crippen molar-refractivity contribution in [2.45, 2.75) is 57.2 Å². The molecule has 6 rings (SSSR count). The number of nitrogens with zero attached hydrogens (tertiary/aromatic N) is 5. The van der Waals surface area contributed by atoms with Crippen molar-refractivity contribution >= 4 is 5.82 Å². The number of alkyl halides is 3. The zero-order chi connectivity index (χ0) is 28.9. The Hall–Kier alpha value is -4.18. The van der Waals surface area contributed by atoms with Gasteiger partial charge in [-0.05, 0) is 54.9 Å². The molecule has 1 aliphatic carbocycles. The highest BCUT2D eigenvalue weighted by atomic mass is 19.4. The van der Waals surface area contributed by atoms with Crippen molar-refractivity contribution in [2.75, 3.05) is 18.6 Å². The second-order valence-corrected chi connectivity index (χ2v) is 10.7. The van der Waals surface area contributed by atoms with Gasteiger partial charge < -0.3 is 19.1 Å². The van der Waals surface area contributed by atoms with Crippen LogP contribution in [0.1, 0.15) is 42.5 Å². The van der Waals surface area contributed by atoms with Gasteiger partial charge >= 0.3 is 11.9 Å². The molecule has 13 heteroatoms. The van der Waals surface area contributed by atoms with Gasteiger partial charge in [0, 0.05) is 38.5 Å². The van der Waals surface area contributed by atoms with Gasteiger partial charge in [0.1, 0.15) is 29.9 Å². The van der Waals surface area contributed by atoms with E-state index in [1.54, 1.807) is 7.11 Å². The number of ether oxygens (including phenoxy) is 3. The Morgan fingerprint density at radius 1 is 1.20 bits per heavy atom. The molecule has 1 spiro atoms. The summed E-state index contributed by atoms with van der Waals surface area (Å²) in [5.74, 6) is -0.998. The lowest BCUT2D eigenvalue weighted by Crippen LogP contribution is -2.53. The molecule has 2 aromatic heterocycles. The molecular formula is C28H25F4N5O4. The number of rotatable bonds is 6. The number of pyridine rings is 1. The van der Waals surface area contributed by atoms with Crippen LogP contribution in [-0.2, 0) is 24.1 Å². The Morgan fingerprint density at radius 3 is 2.71 bits per heavy atom. The molecule has 3 aliphatic rings. The Kier molecular flexibility index (Phi) is 6.60. The summed E-state index contributed by atoms with van der Waals surface area (Å²) in [6, 6.07) is 7.87. The lowest BCUT2D eigenvalue weighted by atomic mass is 9.60. The van der Waals surface area contributed by atoms with Gasteiger partial charge in [0.15, 0.2) is 17.1 Å². The van der Waals surface area contributed by atoms with Crippen molar-refractivity contribution in [3.63, 3.8) is 0 Å². The number of hydrogen-bond acceptors (Lipinski definition) is 8. The molecule has 0 N–H and O–H groups in total. The summed E-state index contributed by atoms with van der Waals surface area (Å²) in [4.78, 5) is 22.3. The van der Waals surface area contributed by atoms with Crippen LogP contribution in [0.3, 0.4) is 0 Å². The fraction of sp³-hybridized carbons (Fsp3) is 0.429. The number of anilines is 1. The van der Waals surface area contributed by atoms with E-state index in [4.69, 9.17) is 14.2 Å². The molecule has 2 aliphatic heterocycles. The maximum atomic E-state index is 14.8. The second-order valence-electron chi connectivity index (χ2n) is 10.7. The molecule has 0 radical (unpaired) electrons. The van der Waals surface area contributed by atoms with Gasteiger partial charge in [0.25, 0.3) is 0 Å². The van der Waals surface area contributed by atoms with E-state index in [1.807, 2.05) is 0 Å². The molecule has 3 aromatic rings. The number of nitriles is 1. The molecule has 1 atom stereocenters. The second kappa shape index (κ2) is 10.0. The third-order valence-corrected chi connectivity index (χ3v) is 8.17. The molecule has 1 saturated heterocycles. The highest BCUT2D eigenvalue weighted by Crippen LogP contribution is 2.53. The quantitative estimate of drug-likeness (QED) is 0.389. The van der Waals surface area contributed by atoms with E-state index in [2.05, 4.69) is 20.9 Å². The van der Waals surface area contributed by atoms with Crippen LogP contribution in [0.4, 0.5) is 23.4 Å². The van der Waals surface area contributed by atoms with E-state index >= 15 is 0 Å². The summed E-state index contributed by atoms with van der Waals surface area (Å²) in [6.07, 6.45) is 0.351. The first-order chi connectivity index (χ1) is 19.6. The maximum Gasteiger partial charge on any atom is 0.433 e. The smallest absolute Gasteiger partial charge is 0.433 e. The Balaban J connectivity index is 1.17. The lowest BCUT2D eigenvalue weighted by molar-refractivity contribution is -0.141. The molecule has 2 fully saturated rings. The molecule has 41 heavy (non-hydrogen) atoms. The van der Waals surface area contributed by atoms with Crippen LogP contribution in [0, 0.1) is 22.6 Å². The monoisotopic (exact) mass is 571 g/mol. The molecule has 1 saturated carbocycles. The minimum atomic E-state index is -4.67. The highest BCUT2D eigenvalue weighted by molar-refractivity contribution is 5.62. The number of hydrogen-bond donors (Lipinski definition) is 0. The van der Waals surface area contributed by atoms with Gasteiger partial charge in [0.05, 0.1) is 6.10 Å². The summed E-state index contributed by atoms with van der Waals surface area (Å²) in [5, 5.41) is 10.00. The van der Waals surface area contributed by atoms with E-state index in [0.717, 1.165) is 37.9 Å². The van der Waals surface area contributed by atoms with Crippen molar-refractivity contribution in [3.05, 3.63) is 69.7 Å². The van der Waals surface area contributed by atoms with Crippen molar-refractivity contribution < 1.29 is 31.8 Å². The van der Waals surface area contributed by atoms with Gasteiger partial charge in [-0.25, -0.2) is 9.18 Å². The van der Waals surface area contributed by atoms with E-state index in [0.29, 0.717) is 30.5 Å². The van der Waals surface area contributed by atoms with Crippen molar-refractivity contribution in [2.24, 2.45) is 5.41 Å². The van der Waals surface area contributed by atoms with Crippen LogP contribution in [0.5, 0.6) is 17.4 Å². The fourth-order valence-electron chi connectivity index (χ4n) is 6.16. The number of halogens is 4.